The van der Waals surface area contributed by atoms with Crippen molar-refractivity contribution in [2.45, 2.75) is 59.5 Å². The van der Waals surface area contributed by atoms with Crippen LogP contribution in [0.15, 0.2) is 42.5 Å². The van der Waals surface area contributed by atoms with Crippen LogP contribution in [0.4, 0.5) is 9.18 Å². The Labute approximate surface area is 195 Å². The molecule has 0 saturated carbocycles. The molecule has 2 amide bonds. The van der Waals surface area contributed by atoms with Gasteiger partial charge in [0.2, 0.25) is 5.91 Å². The number of carbonyl (C=O) groups excluding carboxylic acids is 2. The summed E-state index contributed by atoms with van der Waals surface area (Å²) in [6, 6.07) is 13.1. The van der Waals surface area contributed by atoms with E-state index in [9.17, 15) is 14.0 Å². The van der Waals surface area contributed by atoms with E-state index in [1.807, 2.05) is 65.0 Å². The molecule has 0 spiro atoms. The number of rotatable bonds is 4. The molecular weight excluding hydrogens is 419 g/mol. The highest BCUT2D eigenvalue weighted by molar-refractivity contribution is 5.91. The Hall–Kier alpha value is -3.02. The fourth-order valence-corrected chi connectivity index (χ4v) is 3.96. The molecule has 1 atom stereocenters. The molecule has 33 heavy (non-hydrogen) atoms. The van der Waals surface area contributed by atoms with Gasteiger partial charge in [0, 0.05) is 6.92 Å². The highest BCUT2D eigenvalue weighted by Gasteiger charge is 2.36. The molecule has 1 aliphatic rings. The first-order valence-electron chi connectivity index (χ1n) is 11.4. The Kier molecular flexibility index (Phi) is 7.35. The Morgan fingerprint density at radius 2 is 1.76 bits per heavy atom. The predicted octanol–water partition coefficient (Wildman–Crippen LogP) is 5.02. The number of hydrogen-bond acceptors (Lipinski definition) is 3. The van der Waals surface area contributed by atoms with E-state index in [1.54, 1.807) is 22.5 Å². The molecule has 1 heterocycles. The molecule has 0 bridgehead atoms. The van der Waals surface area contributed by atoms with E-state index in [0.29, 0.717) is 37.2 Å². The van der Waals surface area contributed by atoms with E-state index in [1.165, 1.54) is 6.07 Å². The second-order valence-electron chi connectivity index (χ2n) is 9.88. The quantitative estimate of drug-likeness (QED) is 0.611. The van der Waals surface area contributed by atoms with E-state index in [-0.39, 0.29) is 11.7 Å². The van der Waals surface area contributed by atoms with Crippen LogP contribution in [0.1, 0.15) is 55.9 Å². The number of hydrogen-bond donors (Lipinski definition) is 0. The summed E-state index contributed by atoms with van der Waals surface area (Å²) in [6.07, 6.45) is 0.0800. The third-order valence-corrected chi connectivity index (χ3v) is 5.86. The van der Waals surface area contributed by atoms with Gasteiger partial charge in [-0.25, -0.2) is 4.39 Å². The summed E-state index contributed by atoms with van der Waals surface area (Å²) in [6.45, 7) is 12.2. The largest absolute Gasteiger partial charge is 0.596 e. The molecule has 2 aromatic rings. The minimum atomic E-state index is -0.584. The minimum Gasteiger partial charge on any atom is -0.406 e. The Morgan fingerprint density at radius 3 is 2.33 bits per heavy atom. The topological polar surface area (TPSA) is 49.6 Å². The summed E-state index contributed by atoms with van der Waals surface area (Å²) in [4.78, 5) is 28.0. The third-order valence-electron chi connectivity index (χ3n) is 5.86. The minimum absolute atomic E-state index is 0.0676. The predicted molar refractivity (Wildman–Crippen MR) is 127 cm³/mol. The fraction of sp³-hybridized carbons (Fsp3) is 0.444. The maximum absolute atomic E-state index is 14.4. The van der Waals surface area contributed by atoms with Crippen molar-refractivity contribution in [2.75, 3.05) is 19.6 Å². The van der Waals surface area contributed by atoms with Crippen LogP contribution in [0.3, 0.4) is 0 Å². The van der Waals surface area contributed by atoms with Gasteiger partial charge in [-0.05, 0) is 63.8 Å². The van der Waals surface area contributed by atoms with Crippen LogP contribution in [-0.4, -0.2) is 52.4 Å². The van der Waals surface area contributed by atoms with Gasteiger partial charge in [0.1, 0.15) is 18.0 Å². The van der Waals surface area contributed by atoms with Crippen molar-refractivity contribution < 1.29 is 23.3 Å². The summed E-state index contributed by atoms with van der Waals surface area (Å²) in [5, 5.41) is 0. The van der Waals surface area contributed by atoms with Gasteiger partial charge in [0.05, 0.1) is 12.5 Å². The number of nitrogens with zero attached hydrogens (tertiary/aromatic N) is 2. The molecule has 0 radical (unpaired) electrons. The van der Waals surface area contributed by atoms with Crippen molar-refractivity contribution in [3.63, 3.8) is 0 Å². The molecule has 0 aromatic heterocycles. The number of halogens is 1. The van der Waals surface area contributed by atoms with Crippen molar-refractivity contribution in [2.24, 2.45) is 0 Å². The Morgan fingerprint density at radius 1 is 1.09 bits per heavy atom. The van der Waals surface area contributed by atoms with Gasteiger partial charge in [-0.1, -0.05) is 42.0 Å². The van der Waals surface area contributed by atoms with Crippen LogP contribution < -0.4 is 0 Å². The van der Waals surface area contributed by atoms with Crippen LogP contribution >= 0.6 is 0 Å². The first-order chi connectivity index (χ1) is 15.4. The van der Waals surface area contributed by atoms with Crippen molar-refractivity contribution in [1.29, 1.82) is 0 Å². The van der Waals surface area contributed by atoms with Crippen molar-refractivity contribution in [3.05, 3.63) is 70.5 Å². The molecule has 0 saturated heterocycles. The number of carbonyl (C=O) groups is 2. The van der Waals surface area contributed by atoms with Gasteiger partial charge in [-0.2, -0.15) is 4.79 Å². The number of amides is 2. The lowest BCUT2D eigenvalue weighted by molar-refractivity contribution is -0.457. The molecule has 1 unspecified atom stereocenters. The maximum atomic E-state index is 14.4. The number of benzene rings is 2. The van der Waals surface area contributed by atoms with Gasteiger partial charge in [0.15, 0.2) is 12.3 Å². The molecule has 3 rings (SSSR count). The van der Waals surface area contributed by atoms with Gasteiger partial charge in [-0.15, -0.1) is 4.58 Å². The van der Waals surface area contributed by atoms with Crippen molar-refractivity contribution in [1.82, 2.24) is 4.90 Å². The summed E-state index contributed by atoms with van der Waals surface area (Å²) in [7, 11) is 0. The maximum Gasteiger partial charge on any atom is 0.596 e. The summed E-state index contributed by atoms with van der Waals surface area (Å²) >= 11 is 0. The van der Waals surface area contributed by atoms with Gasteiger partial charge in [-0.3, -0.25) is 4.79 Å². The number of aryl methyl sites for hydroxylation is 2. The number of ether oxygens (including phenoxy) is 1. The molecule has 0 fully saturated rings. The molecular formula is C27H34FN2O3+. The summed E-state index contributed by atoms with van der Waals surface area (Å²) < 4.78 is 21.5. The first kappa shape index (κ1) is 24.6. The van der Waals surface area contributed by atoms with E-state index in [4.69, 9.17) is 4.74 Å². The molecule has 6 heteroatoms. The van der Waals surface area contributed by atoms with Crippen LogP contribution in [0, 0.1) is 19.7 Å². The lowest BCUT2D eigenvalue weighted by Gasteiger charge is -2.29. The normalized spacial score (nSPS) is 15.4. The monoisotopic (exact) mass is 453 g/mol. The van der Waals surface area contributed by atoms with Crippen LogP contribution in [0.5, 0.6) is 0 Å². The van der Waals surface area contributed by atoms with Crippen LogP contribution in [-0.2, 0) is 16.0 Å². The zero-order chi connectivity index (χ0) is 24.3. The molecule has 0 N–H and O–H groups in total. The average molecular weight is 454 g/mol. The Balaban J connectivity index is 1.86. The van der Waals surface area contributed by atoms with Gasteiger partial charge in [0.25, 0.3) is 0 Å². The average Bonchev–Trinajstić information content (AvgIpc) is 2.73. The lowest BCUT2D eigenvalue weighted by Crippen LogP contribution is -2.50. The van der Waals surface area contributed by atoms with E-state index >= 15 is 0 Å². The second kappa shape index (κ2) is 9.86. The lowest BCUT2D eigenvalue weighted by atomic mass is 9.89. The van der Waals surface area contributed by atoms with E-state index in [0.717, 1.165) is 16.8 Å². The van der Waals surface area contributed by atoms with Crippen LogP contribution in [0.25, 0.3) is 0 Å². The summed E-state index contributed by atoms with van der Waals surface area (Å²) in [5.74, 6) is -0.891. The fourth-order valence-electron chi connectivity index (χ4n) is 3.96. The van der Waals surface area contributed by atoms with Crippen LogP contribution in [0.2, 0.25) is 0 Å². The smallest absolute Gasteiger partial charge is 0.406 e. The molecule has 5 nitrogen and oxygen atoms in total. The van der Waals surface area contributed by atoms with Gasteiger partial charge < -0.3 is 9.64 Å². The van der Waals surface area contributed by atoms with Crippen molar-refractivity contribution >= 4 is 17.7 Å². The van der Waals surface area contributed by atoms with E-state index in [2.05, 4.69) is 0 Å². The zero-order valence-corrected chi connectivity index (χ0v) is 20.4. The second-order valence-corrected chi connectivity index (χ2v) is 9.88. The molecule has 1 aliphatic heterocycles. The molecule has 176 valence electrons. The van der Waals surface area contributed by atoms with Crippen molar-refractivity contribution in [3.8, 4) is 0 Å². The molecule has 2 aromatic carbocycles. The first-order valence-corrected chi connectivity index (χ1v) is 11.4. The summed E-state index contributed by atoms with van der Waals surface area (Å²) in [5.41, 5.74) is 3.55. The Bertz CT molecular complexity index is 1070. The van der Waals surface area contributed by atoms with E-state index < -0.39 is 17.6 Å². The SMILES string of the molecule is CC1=[N+](C(=O)OC(C)(C)C)CCN(C(=O)C(Cc2ccc(C)cc2)c2ccc(C)c(F)c2)C1. The standard InChI is InChI=1S/C27H34FN2O3/c1-18-7-10-21(11-8-18)15-23(22-12-9-19(2)24(28)16-22)25(31)29-13-14-30(20(3)17-29)26(32)33-27(4,5)6/h7-12,16,23H,13-15,17H2,1-6H3/q+1. The molecule has 0 aliphatic carbocycles. The highest BCUT2D eigenvalue weighted by atomic mass is 19.1. The third kappa shape index (κ3) is 6.28. The van der Waals surface area contributed by atoms with Gasteiger partial charge >= 0.3 is 6.09 Å². The zero-order valence-electron chi connectivity index (χ0n) is 20.4. The highest BCUT2D eigenvalue weighted by Crippen LogP contribution is 2.26.